The summed E-state index contributed by atoms with van der Waals surface area (Å²) in [5.74, 6) is 0. The van der Waals surface area contributed by atoms with Crippen molar-refractivity contribution in [3.05, 3.63) is 0 Å². The average Bonchev–Trinajstić information content (AvgIpc) is 2.26. The molecule has 0 unspecified atom stereocenters. The third-order valence-electron chi connectivity index (χ3n) is 2.82. The number of aldehydes is 1. The molecule has 0 amide bonds. The van der Waals surface area contributed by atoms with Crippen molar-refractivity contribution in [2.24, 2.45) is 0 Å². The van der Waals surface area contributed by atoms with Gasteiger partial charge in [-0.3, -0.25) is 0 Å². The van der Waals surface area contributed by atoms with Gasteiger partial charge in [0.25, 0.3) is 0 Å². The molecule has 0 aliphatic rings. The molecule has 0 heterocycles. The van der Waals surface area contributed by atoms with Gasteiger partial charge in [-0.25, -0.2) is 0 Å². The first-order valence-corrected chi connectivity index (χ1v) is 8.35. The molecule has 0 aliphatic heterocycles. The molecule has 0 bridgehead atoms. The van der Waals surface area contributed by atoms with Gasteiger partial charge in [0.15, 0.2) is 0 Å². The maximum atomic E-state index is 10.3. The summed E-state index contributed by atoms with van der Waals surface area (Å²) in [6.45, 7) is 13.4. The number of hydrogen-bond donors (Lipinski definition) is 3. The van der Waals surface area contributed by atoms with Gasteiger partial charge in [-0.1, -0.05) is 0 Å². The molecule has 3 nitrogen and oxygen atoms in total. The molecule has 0 aliphatic carbocycles. The van der Waals surface area contributed by atoms with E-state index >= 15 is 0 Å². The zero-order valence-electron chi connectivity index (χ0n) is 13.5. The Kier molecular flexibility index (Phi) is 10.2. The average molecular weight is 321 g/mol. The summed E-state index contributed by atoms with van der Waals surface area (Å²) in [6, 6.07) is 0. The van der Waals surface area contributed by atoms with E-state index in [1.807, 2.05) is 0 Å². The topological polar surface area (TPSA) is 32.3 Å². The van der Waals surface area contributed by atoms with E-state index in [-0.39, 0.29) is 9.49 Å². The summed E-state index contributed by atoms with van der Waals surface area (Å²) < 4.78 is 0.0328. The molecule has 0 fully saturated rings. The second-order valence-corrected chi connectivity index (χ2v) is 9.16. The van der Waals surface area contributed by atoms with E-state index in [1.54, 1.807) is 0 Å². The Morgan fingerprint density at radius 2 is 1.70 bits per heavy atom. The number of hydrogen-bond acceptors (Lipinski definition) is 5. The molecule has 0 aromatic carbocycles. The van der Waals surface area contributed by atoms with Crippen LogP contribution in [0.2, 0.25) is 0 Å². The number of rotatable bonds is 12. The largest absolute Gasteiger partial charge is 0.314 e. The van der Waals surface area contributed by atoms with E-state index in [1.165, 1.54) is 0 Å². The maximum absolute atomic E-state index is 10.3. The van der Waals surface area contributed by atoms with Crippen LogP contribution in [-0.4, -0.2) is 53.4 Å². The monoisotopic (exact) mass is 320 g/mol. The minimum Gasteiger partial charge on any atom is -0.314 e. The van der Waals surface area contributed by atoms with Gasteiger partial charge < -0.3 is 15.0 Å². The Morgan fingerprint density at radius 1 is 1.05 bits per heavy atom. The number of nitrogens with zero attached hydrogens (tertiary/aromatic N) is 1. The number of unbranched alkanes of at least 4 members (excludes halogenated alkanes) is 2. The molecule has 0 atom stereocenters. The maximum Gasteiger partial charge on any atom is 0.119 e. The molecule has 1 N–H and O–H groups in total. The molecule has 0 saturated carbocycles. The quantitative estimate of drug-likeness (QED) is 0.294. The highest BCUT2D eigenvalue weighted by Crippen LogP contribution is 2.14. The van der Waals surface area contributed by atoms with Gasteiger partial charge in [-0.2, -0.15) is 25.3 Å². The summed E-state index contributed by atoms with van der Waals surface area (Å²) in [7, 11) is 0. The highest BCUT2D eigenvalue weighted by molar-refractivity contribution is 7.82. The van der Waals surface area contributed by atoms with E-state index in [2.05, 4.69) is 63.2 Å². The van der Waals surface area contributed by atoms with E-state index in [0.717, 1.165) is 51.9 Å². The molecular weight excluding hydrogens is 288 g/mol. The third-order valence-corrected chi connectivity index (χ3v) is 3.12. The minimum atomic E-state index is 0.00742. The summed E-state index contributed by atoms with van der Waals surface area (Å²) in [6.07, 6.45) is 3.72. The van der Waals surface area contributed by atoms with Crippen molar-refractivity contribution >= 4 is 31.5 Å². The third kappa shape index (κ3) is 14.7. The second-order valence-electron chi connectivity index (χ2n) is 6.74. The fourth-order valence-electron chi connectivity index (χ4n) is 2.01. The standard InChI is InChI=1S/C15H32N2OS2/c1-14(2,19)12-16-8-10-17(13-15(3,4)20)9-6-5-7-11-18/h11,16,19-20H,5-10,12-13H2,1-4H3. The van der Waals surface area contributed by atoms with E-state index in [4.69, 9.17) is 0 Å². The second kappa shape index (κ2) is 10.1. The van der Waals surface area contributed by atoms with Crippen molar-refractivity contribution in [1.82, 2.24) is 10.2 Å². The van der Waals surface area contributed by atoms with Crippen LogP contribution in [0.5, 0.6) is 0 Å². The molecule has 20 heavy (non-hydrogen) atoms. The summed E-state index contributed by atoms with van der Waals surface area (Å²) in [5.41, 5.74) is 0. The molecule has 0 saturated heterocycles. The lowest BCUT2D eigenvalue weighted by atomic mass is 10.1. The number of carbonyl (C=O) groups excluding carboxylic acids is 1. The fraction of sp³-hybridized carbons (Fsp3) is 0.933. The van der Waals surface area contributed by atoms with Crippen LogP contribution in [-0.2, 0) is 4.79 Å². The van der Waals surface area contributed by atoms with Gasteiger partial charge in [0.1, 0.15) is 6.29 Å². The van der Waals surface area contributed by atoms with Crippen LogP contribution < -0.4 is 5.32 Å². The first-order chi connectivity index (χ1) is 9.14. The SMILES string of the molecule is CC(C)(S)CNCCN(CCCCC=O)CC(C)(C)S. The molecular formula is C15H32N2OS2. The van der Waals surface area contributed by atoms with Gasteiger partial charge in [0.2, 0.25) is 0 Å². The molecule has 0 radical (unpaired) electrons. The van der Waals surface area contributed by atoms with E-state index in [0.29, 0.717) is 6.42 Å². The molecule has 120 valence electrons. The van der Waals surface area contributed by atoms with Crippen LogP contribution in [0.3, 0.4) is 0 Å². The normalized spacial score (nSPS) is 12.9. The van der Waals surface area contributed by atoms with Gasteiger partial charge in [0.05, 0.1) is 0 Å². The van der Waals surface area contributed by atoms with Crippen molar-refractivity contribution in [1.29, 1.82) is 0 Å². The predicted octanol–water partition coefficient (Wildman–Crippen LogP) is 2.66. The molecule has 5 heteroatoms. The molecule has 0 spiro atoms. The lowest BCUT2D eigenvalue weighted by Gasteiger charge is -2.30. The van der Waals surface area contributed by atoms with Crippen molar-refractivity contribution in [2.45, 2.75) is 56.5 Å². The van der Waals surface area contributed by atoms with Gasteiger partial charge >= 0.3 is 0 Å². The summed E-state index contributed by atoms with van der Waals surface area (Å²) in [4.78, 5) is 12.8. The highest BCUT2D eigenvalue weighted by Gasteiger charge is 2.17. The lowest BCUT2D eigenvalue weighted by Crippen LogP contribution is -2.41. The van der Waals surface area contributed by atoms with Crippen LogP contribution in [0.4, 0.5) is 0 Å². The first-order valence-electron chi connectivity index (χ1n) is 7.45. The van der Waals surface area contributed by atoms with Gasteiger partial charge in [0, 0.05) is 42.1 Å². The minimum absolute atomic E-state index is 0.00742. The first kappa shape index (κ1) is 20.3. The van der Waals surface area contributed by atoms with Crippen molar-refractivity contribution in [2.75, 3.05) is 32.7 Å². The van der Waals surface area contributed by atoms with Crippen molar-refractivity contribution in [3.63, 3.8) is 0 Å². The molecule has 0 aromatic heterocycles. The summed E-state index contributed by atoms with van der Waals surface area (Å²) in [5, 5.41) is 3.44. The van der Waals surface area contributed by atoms with Gasteiger partial charge in [-0.15, -0.1) is 0 Å². The number of thiol groups is 2. The highest BCUT2D eigenvalue weighted by atomic mass is 32.1. The number of carbonyl (C=O) groups is 1. The van der Waals surface area contributed by atoms with Crippen molar-refractivity contribution < 1.29 is 4.79 Å². The lowest BCUT2D eigenvalue weighted by molar-refractivity contribution is -0.107. The Balaban J connectivity index is 4.01. The zero-order valence-corrected chi connectivity index (χ0v) is 15.3. The van der Waals surface area contributed by atoms with E-state index in [9.17, 15) is 4.79 Å². The summed E-state index contributed by atoms with van der Waals surface area (Å²) >= 11 is 9.12. The molecule has 0 aromatic rings. The predicted molar refractivity (Wildman–Crippen MR) is 95.4 cm³/mol. The van der Waals surface area contributed by atoms with Crippen LogP contribution in [0.1, 0.15) is 47.0 Å². The van der Waals surface area contributed by atoms with Crippen molar-refractivity contribution in [3.8, 4) is 0 Å². The van der Waals surface area contributed by atoms with Crippen LogP contribution in [0, 0.1) is 0 Å². The van der Waals surface area contributed by atoms with Crippen LogP contribution in [0.15, 0.2) is 0 Å². The van der Waals surface area contributed by atoms with Crippen LogP contribution >= 0.6 is 25.3 Å². The zero-order chi connectivity index (χ0) is 15.6. The Bertz CT molecular complexity index is 260. The Morgan fingerprint density at radius 3 is 2.20 bits per heavy atom. The van der Waals surface area contributed by atoms with Crippen LogP contribution in [0.25, 0.3) is 0 Å². The van der Waals surface area contributed by atoms with Gasteiger partial charge in [-0.05, 0) is 47.1 Å². The smallest absolute Gasteiger partial charge is 0.119 e. The van der Waals surface area contributed by atoms with E-state index < -0.39 is 0 Å². The number of nitrogens with one attached hydrogen (secondary N) is 1. The fourth-order valence-corrected chi connectivity index (χ4v) is 2.32. The Labute approximate surface area is 136 Å². The molecule has 0 rings (SSSR count). The Hall–Kier alpha value is 0.290.